The fraction of sp³-hybridized carbons (Fsp3) is 0.600. The van der Waals surface area contributed by atoms with E-state index in [-0.39, 0.29) is 0 Å². The summed E-state index contributed by atoms with van der Waals surface area (Å²) in [6, 6.07) is 3.29. The lowest BCUT2D eigenvalue weighted by atomic mass is 9.91. The van der Waals surface area contributed by atoms with Crippen LogP contribution in [0.25, 0.3) is 0 Å². The predicted molar refractivity (Wildman–Crippen MR) is 82.1 cm³/mol. The van der Waals surface area contributed by atoms with E-state index in [0.29, 0.717) is 17.4 Å². The molecule has 112 valence electrons. The third kappa shape index (κ3) is 3.10. The zero-order valence-electron chi connectivity index (χ0n) is 11.9. The van der Waals surface area contributed by atoms with Crippen molar-refractivity contribution in [3.63, 3.8) is 0 Å². The summed E-state index contributed by atoms with van der Waals surface area (Å²) < 4.78 is 11.4. The van der Waals surface area contributed by atoms with Crippen LogP contribution < -0.4 is 15.2 Å². The molecule has 1 saturated carbocycles. The van der Waals surface area contributed by atoms with Crippen molar-refractivity contribution < 1.29 is 14.6 Å². The highest BCUT2D eigenvalue weighted by atomic mass is 79.9. The second-order valence-corrected chi connectivity index (χ2v) is 6.09. The second-order valence-electron chi connectivity index (χ2n) is 5.30. The third-order valence-corrected chi connectivity index (χ3v) is 4.89. The Hall–Kier alpha value is -0.780. The molecule has 2 rings (SSSR count). The quantitative estimate of drug-likeness (QED) is 0.862. The van der Waals surface area contributed by atoms with E-state index in [1.54, 1.807) is 14.2 Å². The molecule has 1 aliphatic rings. The molecule has 1 aromatic carbocycles. The molecular weight excluding hydrogens is 322 g/mol. The van der Waals surface area contributed by atoms with Gasteiger partial charge in [-0.1, -0.05) is 12.8 Å². The highest BCUT2D eigenvalue weighted by molar-refractivity contribution is 9.10. The highest BCUT2D eigenvalue weighted by Gasteiger charge is 2.29. The predicted octanol–water partition coefficient (Wildman–Crippen LogP) is 3.02. The molecule has 2 atom stereocenters. The minimum Gasteiger partial charge on any atom is -0.495 e. The SMILES string of the molecule is COc1cc([C@@H](N)[C@@H](O)C2CCCC2)cc(OC)c1Br. The van der Waals surface area contributed by atoms with Gasteiger partial charge in [-0.2, -0.15) is 0 Å². The van der Waals surface area contributed by atoms with Gasteiger partial charge in [-0.3, -0.25) is 0 Å². The first kappa shape index (κ1) is 15.6. The van der Waals surface area contributed by atoms with Crippen LogP contribution in [0.2, 0.25) is 0 Å². The Bertz CT molecular complexity index is 435. The fourth-order valence-corrected chi connectivity index (χ4v) is 3.42. The van der Waals surface area contributed by atoms with Gasteiger partial charge >= 0.3 is 0 Å². The summed E-state index contributed by atoms with van der Waals surface area (Å²) in [7, 11) is 3.20. The lowest BCUT2D eigenvalue weighted by Gasteiger charge is -2.25. The highest BCUT2D eigenvalue weighted by Crippen LogP contribution is 2.39. The number of ether oxygens (including phenoxy) is 2. The fourth-order valence-electron chi connectivity index (χ4n) is 2.87. The zero-order valence-corrected chi connectivity index (χ0v) is 13.5. The number of hydrogen-bond acceptors (Lipinski definition) is 4. The van der Waals surface area contributed by atoms with Crippen molar-refractivity contribution in [1.29, 1.82) is 0 Å². The standard InChI is InChI=1S/C15H22BrNO3/c1-19-11-7-10(8-12(20-2)13(11)16)14(17)15(18)9-5-3-4-6-9/h7-9,14-15,18H,3-6,17H2,1-2H3/t14-,15+/m1/s1. The molecule has 1 aromatic rings. The average molecular weight is 344 g/mol. The summed E-state index contributed by atoms with van der Waals surface area (Å²) >= 11 is 3.43. The van der Waals surface area contributed by atoms with Crippen LogP contribution in [0.3, 0.4) is 0 Å². The van der Waals surface area contributed by atoms with Crippen molar-refractivity contribution >= 4 is 15.9 Å². The monoisotopic (exact) mass is 343 g/mol. The molecule has 0 spiro atoms. The van der Waals surface area contributed by atoms with E-state index < -0.39 is 12.1 Å². The van der Waals surface area contributed by atoms with Crippen LogP contribution in [-0.4, -0.2) is 25.4 Å². The number of aliphatic hydroxyl groups is 1. The lowest BCUT2D eigenvalue weighted by molar-refractivity contribution is 0.0843. The molecule has 0 bridgehead atoms. The molecule has 20 heavy (non-hydrogen) atoms. The Labute approximate surface area is 128 Å². The number of aliphatic hydroxyl groups excluding tert-OH is 1. The van der Waals surface area contributed by atoms with Crippen LogP contribution in [0.4, 0.5) is 0 Å². The summed E-state index contributed by atoms with van der Waals surface area (Å²) in [6.45, 7) is 0. The summed E-state index contributed by atoms with van der Waals surface area (Å²) in [5.74, 6) is 1.62. The van der Waals surface area contributed by atoms with Crippen LogP contribution in [0.1, 0.15) is 37.3 Å². The molecule has 0 saturated heterocycles. The van der Waals surface area contributed by atoms with Crippen LogP contribution in [0.15, 0.2) is 16.6 Å². The van der Waals surface area contributed by atoms with E-state index in [1.807, 2.05) is 12.1 Å². The van der Waals surface area contributed by atoms with Crippen LogP contribution in [0, 0.1) is 5.92 Å². The third-order valence-electron chi connectivity index (χ3n) is 4.10. The van der Waals surface area contributed by atoms with Gasteiger partial charge in [-0.05, 0) is 52.4 Å². The summed E-state index contributed by atoms with van der Waals surface area (Å²) in [5.41, 5.74) is 7.07. The minimum absolute atomic E-state index is 0.297. The van der Waals surface area contributed by atoms with Gasteiger partial charge in [-0.15, -0.1) is 0 Å². The van der Waals surface area contributed by atoms with Crippen molar-refractivity contribution in [3.8, 4) is 11.5 Å². The number of methoxy groups -OCH3 is 2. The van der Waals surface area contributed by atoms with Gasteiger partial charge in [0.05, 0.1) is 26.4 Å². The van der Waals surface area contributed by atoms with Gasteiger partial charge in [0, 0.05) is 0 Å². The van der Waals surface area contributed by atoms with E-state index in [0.717, 1.165) is 22.9 Å². The van der Waals surface area contributed by atoms with E-state index in [4.69, 9.17) is 15.2 Å². The Balaban J connectivity index is 2.26. The van der Waals surface area contributed by atoms with Gasteiger partial charge in [0.25, 0.3) is 0 Å². The Morgan fingerprint density at radius 2 is 1.70 bits per heavy atom. The van der Waals surface area contributed by atoms with Gasteiger partial charge < -0.3 is 20.3 Å². The maximum Gasteiger partial charge on any atom is 0.137 e. The minimum atomic E-state index is -0.520. The number of nitrogens with two attached hydrogens (primary N) is 1. The first-order valence-corrected chi connectivity index (χ1v) is 7.72. The van der Waals surface area contributed by atoms with Crippen LogP contribution >= 0.6 is 15.9 Å². The number of halogens is 1. The van der Waals surface area contributed by atoms with Crippen molar-refractivity contribution in [2.75, 3.05) is 14.2 Å². The van der Waals surface area contributed by atoms with Gasteiger partial charge in [0.1, 0.15) is 16.0 Å². The molecular formula is C15H22BrNO3. The van der Waals surface area contributed by atoms with Crippen molar-refractivity contribution in [3.05, 3.63) is 22.2 Å². The number of hydrogen-bond donors (Lipinski definition) is 2. The Morgan fingerprint density at radius 1 is 1.20 bits per heavy atom. The van der Waals surface area contributed by atoms with Crippen LogP contribution in [0.5, 0.6) is 11.5 Å². The molecule has 0 heterocycles. The molecule has 0 aliphatic heterocycles. The van der Waals surface area contributed by atoms with Crippen molar-refractivity contribution in [2.45, 2.75) is 37.8 Å². The first-order valence-electron chi connectivity index (χ1n) is 6.93. The number of rotatable bonds is 5. The molecule has 1 fully saturated rings. The van der Waals surface area contributed by atoms with Crippen molar-refractivity contribution in [1.82, 2.24) is 0 Å². The molecule has 1 aliphatic carbocycles. The van der Waals surface area contributed by atoms with E-state index in [2.05, 4.69) is 15.9 Å². The van der Waals surface area contributed by atoms with E-state index >= 15 is 0 Å². The largest absolute Gasteiger partial charge is 0.495 e. The molecule has 4 nitrogen and oxygen atoms in total. The molecule has 0 unspecified atom stereocenters. The Morgan fingerprint density at radius 3 is 2.15 bits per heavy atom. The Kier molecular flexibility index (Phi) is 5.29. The molecule has 0 amide bonds. The summed E-state index contributed by atoms with van der Waals surface area (Å²) in [4.78, 5) is 0. The second kappa shape index (κ2) is 6.78. The maximum atomic E-state index is 10.4. The van der Waals surface area contributed by atoms with E-state index in [1.165, 1.54) is 12.8 Å². The topological polar surface area (TPSA) is 64.7 Å². The molecule has 3 N–H and O–H groups in total. The molecule has 0 aromatic heterocycles. The summed E-state index contributed by atoms with van der Waals surface area (Å²) in [6.07, 6.45) is 3.95. The van der Waals surface area contributed by atoms with E-state index in [9.17, 15) is 5.11 Å². The van der Waals surface area contributed by atoms with Gasteiger partial charge in [0.2, 0.25) is 0 Å². The normalized spacial score (nSPS) is 18.9. The maximum absolute atomic E-state index is 10.4. The number of benzene rings is 1. The smallest absolute Gasteiger partial charge is 0.137 e. The van der Waals surface area contributed by atoms with Crippen molar-refractivity contribution in [2.24, 2.45) is 11.7 Å². The van der Waals surface area contributed by atoms with Crippen LogP contribution in [-0.2, 0) is 0 Å². The first-order chi connectivity index (χ1) is 9.58. The lowest BCUT2D eigenvalue weighted by Crippen LogP contribution is -2.32. The molecule has 0 radical (unpaired) electrons. The zero-order chi connectivity index (χ0) is 14.7. The van der Waals surface area contributed by atoms with Gasteiger partial charge in [0.15, 0.2) is 0 Å². The molecule has 5 heteroatoms. The van der Waals surface area contributed by atoms with Gasteiger partial charge in [-0.25, -0.2) is 0 Å². The summed E-state index contributed by atoms with van der Waals surface area (Å²) in [5, 5.41) is 10.4. The average Bonchev–Trinajstić information content (AvgIpc) is 3.00.